The number of carboxylic acid groups (broad SMARTS) is 1. The molecule has 7 nitrogen and oxygen atoms in total. The molecule has 1 aromatic heterocycles. The van der Waals surface area contributed by atoms with Crippen LogP contribution in [0, 0.1) is 20.8 Å². The molecule has 0 amide bonds. The van der Waals surface area contributed by atoms with Crippen LogP contribution in [0.25, 0.3) is 0 Å². The summed E-state index contributed by atoms with van der Waals surface area (Å²) in [7, 11) is -3.96. The van der Waals surface area contributed by atoms with E-state index < -0.39 is 16.0 Å². The molecule has 1 heterocycles. The third-order valence-corrected chi connectivity index (χ3v) is 4.58. The van der Waals surface area contributed by atoms with Crippen LogP contribution < -0.4 is 4.72 Å². The maximum atomic E-state index is 12.4. The number of rotatable bonds is 4. The average molecular weight is 310 g/mol. The van der Waals surface area contributed by atoms with Gasteiger partial charge in [0.15, 0.2) is 0 Å². The molecule has 0 saturated heterocycles. The Morgan fingerprint density at radius 2 is 1.95 bits per heavy atom. The van der Waals surface area contributed by atoms with Gasteiger partial charge in [-0.25, -0.2) is 17.9 Å². The van der Waals surface area contributed by atoms with Gasteiger partial charge < -0.3 is 9.63 Å². The molecule has 0 radical (unpaired) electrons. The van der Waals surface area contributed by atoms with Crippen LogP contribution in [0.3, 0.4) is 0 Å². The summed E-state index contributed by atoms with van der Waals surface area (Å²) >= 11 is 0. The van der Waals surface area contributed by atoms with E-state index in [2.05, 4.69) is 9.88 Å². The van der Waals surface area contributed by atoms with Gasteiger partial charge in [-0.2, -0.15) is 0 Å². The van der Waals surface area contributed by atoms with Gasteiger partial charge in [0.05, 0.1) is 16.2 Å². The minimum Gasteiger partial charge on any atom is -0.478 e. The topological polar surface area (TPSA) is 110 Å². The number of nitrogens with zero attached hydrogens (tertiary/aromatic N) is 1. The summed E-state index contributed by atoms with van der Waals surface area (Å²) in [6, 6.07) is 3.90. The molecule has 2 rings (SSSR count). The van der Waals surface area contributed by atoms with Crippen molar-refractivity contribution in [1.29, 1.82) is 0 Å². The van der Waals surface area contributed by atoms with E-state index in [1.54, 1.807) is 20.8 Å². The van der Waals surface area contributed by atoms with Crippen molar-refractivity contribution in [3.8, 4) is 0 Å². The summed E-state index contributed by atoms with van der Waals surface area (Å²) in [6.45, 7) is 4.94. The number of aryl methyl sites for hydroxylation is 2. The Balaban J connectivity index is 2.47. The van der Waals surface area contributed by atoms with Gasteiger partial charge in [0.2, 0.25) is 5.88 Å². The fourth-order valence-electron chi connectivity index (χ4n) is 1.71. The number of aromatic carboxylic acids is 1. The zero-order chi connectivity index (χ0) is 15.8. The normalized spacial score (nSPS) is 11.4. The fourth-order valence-corrected chi connectivity index (χ4v) is 3.03. The van der Waals surface area contributed by atoms with E-state index in [4.69, 9.17) is 9.63 Å². The second-order valence-corrected chi connectivity index (χ2v) is 6.26. The Labute approximate surface area is 121 Å². The summed E-state index contributed by atoms with van der Waals surface area (Å²) < 4.78 is 31.9. The highest BCUT2D eigenvalue weighted by atomic mass is 32.2. The minimum atomic E-state index is -3.96. The van der Waals surface area contributed by atoms with Gasteiger partial charge >= 0.3 is 5.97 Å². The zero-order valence-electron chi connectivity index (χ0n) is 11.7. The van der Waals surface area contributed by atoms with E-state index in [9.17, 15) is 13.2 Å². The van der Waals surface area contributed by atoms with Gasteiger partial charge in [0.25, 0.3) is 10.0 Å². The Hall–Kier alpha value is -2.35. The Kier molecular flexibility index (Phi) is 3.73. The van der Waals surface area contributed by atoms with E-state index in [0.717, 1.165) is 6.07 Å². The van der Waals surface area contributed by atoms with Gasteiger partial charge in [-0.1, -0.05) is 11.2 Å². The third-order valence-electron chi connectivity index (χ3n) is 3.11. The second kappa shape index (κ2) is 5.21. The average Bonchev–Trinajstić information content (AvgIpc) is 2.70. The number of carboxylic acids is 1. The number of hydrogen-bond acceptors (Lipinski definition) is 5. The van der Waals surface area contributed by atoms with Crippen LogP contribution in [-0.2, 0) is 10.0 Å². The highest BCUT2D eigenvalue weighted by Crippen LogP contribution is 2.24. The molecule has 0 bridgehead atoms. The van der Waals surface area contributed by atoms with E-state index in [-0.39, 0.29) is 16.3 Å². The molecule has 2 aromatic rings. The molecule has 0 saturated carbocycles. The molecular formula is C13H14N2O5S. The lowest BCUT2D eigenvalue weighted by Crippen LogP contribution is -2.15. The van der Waals surface area contributed by atoms with Crippen molar-refractivity contribution in [2.75, 3.05) is 4.72 Å². The smallest absolute Gasteiger partial charge is 0.335 e. The Morgan fingerprint density at radius 1 is 1.29 bits per heavy atom. The molecule has 21 heavy (non-hydrogen) atoms. The lowest BCUT2D eigenvalue weighted by atomic mass is 10.1. The maximum Gasteiger partial charge on any atom is 0.335 e. The Morgan fingerprint density at radius 3 is 2.48 bits per heavy atom. The predicted octanol–water partition coefficient (Wildman–Crippen LogP) is 2.10. The van der Waals surface area contributed by atoms with E-state index >= 15 is 0 Å². The Bertz CT molecular complexity index is 808. The number of carbonyl (C=O) groups is 1. The molecule has 2 N–H and O–H groups in total. The monoisotopic (exact) mass is 310 g/mol. The van der Waals surface area contributed by atoms with Crippen molar-refractivity contribution in [2.24, 2.45) is 0 Å². The number of hydrogen-bond donors (Lipinski definition) is 2. The van der Waals surface area contributed by atoms with Crippen LogP contribution in [0.5, 0.6) is 0 Å². The highest BCUT2D eigenvalue weighted by molar-refractivity contribution is 7.92. The molecule has 0 fully saturated rings. The fraction of sp³-hybridized carbons (Fsp3) is 0.231. The molecule has 0 unspecified atom stereocenters. The van der Waals surface area contributed by atoms with Gasteiger partial charge in [-0.15, -0.1) is 0 Å². The van der Waals surface area contributed by atoms with E-state index in [0.29, 0.717) is 16.8 Å². The summed E-state index contributed by atoms with van der Waals surface area (Å²) in [5, 5.41) is 12.6. The van der Waals surface area contributed by atoms with Gasteiger partial charge in [-0.3, -0.25) is 0 Å². The number of nitrogens with one attached hydrogen (secondary N) is 1. The summed E-state index contributed by atoms with van der Waals surface area (Å²) in [5.74, 6) is -1.18. The lowest BCUT2D eigenvalue weighted by molar-refractivity contribution is 0.0696. The van der Waals surface area contributed by atoms with Crippen molar-refractivity contribution in [2.45, 2.75) is 25.7 Å². The van der Waals surface area contributed by atoms with Crippen LogP contribution in [0.15, 0.2) is 27.6 Å². The van der Waals surface area contributed by atoms with Gasteiger partial charge in [-0.05, 0) is 38.5 Å². The van der Waals surface area contributed by atoms with E-state index in [1.807, 2.05) is 0 Å². The van der Waals surface area contributed by atoms with Crippen molar-refractivity contribution in [3.05, 3.63) is 40.6 Å². The van der Waals surface area contributed by atoms with Crippen LogP contribution in [0.1, 0.15) is 27.2 Å². The quantitative estimate of drug-likeness (QED) is 0.895. The van der Waals surface area contributed by atoms with Crippen molar-refractivity contribution in [3.63, 3.8) is 0 Å². The lowest BCUT2D eigenvalue weighted by Gasteiger charge is -2.09. The third kappa shape index (κ3) is 2.89. The standard InChI is InChI=1S/C13H14N2O5S/c1-7-4-5-10(13(16)17)6-11(7)21(18,19)15-12-8(2)9(3)14-20-12/h4-6,15H,1-3H3,(H,16,17). The molecule has 1 aromatic carbocycles. The van der Waals surface area contributed by atoms with Crippen molar-refractivity contribution in [1.82, 2.24) is 5.16 Å². The first-order valence-corrected chi connectivity index (χ1v) is 7.50. The summed E-state index contributed by atoms with van der Waals surface area (Å²) in [4.78, 5) is 10.8. The van der Waals surface area contributed by atoms with Crippen LogP contribution in [0.2, 0.25) is 0 Å². The number of benzene rings is 1. The zero-order valence-corrected chi connectivity index (χ0v) is 12.5. The number of anilines is 1. The summed E-state index contributed by atoms with van der Waals surface area (Å²) in [6.07, 6.45) is 0. The molecule has 112 valence electrons. The SMILES string of the molecule is Cc1ccc(C(=O)O)cc1S(=O)(=O)Nc1onc(C)c1C. The summed E-state index contributed by atoms with van der Waals surface area (Å²) in [5.41, 5.74) is 1.47. The van der Waals surface area contributed by atoms with E-state index in [1.165, 1.54) is 12.1 Å². The first-order valence-electron chi connectivity index (χ1n) is 6.02. The molecule has 0 aliphatic rings. The van der Waals surface area contributed by atoms with Crippen LogP contribution >= 0.6 is 0 Å². The first kappa shape index (κ1) is 15.0. The molecular weight excluding hydrogens is 296 g/mol. The van der Waals surface area contributed by atoms with Crippen molar-refractivity contribution >= 4 is 21.9 Å². The van der Waals surface area contributed by atoms with Gasteiger partial charge in [0, 0.05) is 5.56 Å². The van der Waals surface area contributed by atoms with Gasteiger partial charge in [0.1, 0.15) is 0 Å². The molecule has 8 heteroatoms. The first-order chi connectivity index (χ1) is 9.72. The number of aromatic nitrogens is 1. The molecule has 0 aliphatic heterocycles. The van der Waals surface area contributed by atoms with Crippen molar-refractivity contribution < 1.29 is 22.8 Å². The number of sulfonamides is 1. The molecule has 0 spiro atoms. The molecule has 0 atom stereocenters. The molecule has 0 aliphatic carbocycles. The largest absolute Gasteiger partial charge is 0.478 e. The van der Waals surface area contributed by atoms with Crippen LogP contribution in [0.4, 0.5) is 5.88 Å². The minimum absolute atomic E-state index is 0.0210. The van der Waals surface area contributed by atoms with Crippen LogP contribution in [-0.4, -0.2) is 24.7 Å². The predicted molar refractivity (Wildman–Crippen MR) is 74.9 cm³/mol. The second-order valence-electron chi connectivity index (χ2n) is 4.61. The highest BCUT2D eigenvalue weighted by Gasteiger charge is 2.22. The maximum absolute atomic E-state index is 12.4.